The van der Waals surface area contributed by atoms with Gasteiger partial charge in [-0.25, -0.2) is 0 Å². The van der Waals surface area contributed by atoms with E-state index in [0.29, 0.717) is 6.54 Å². The summed E-state index contributed by atoms with van der Waals surface area (Å²) in [6.45, 7) is 6.16. The summed E-state index contributed by atoms with van der Waals surface area (Å²) in [5, 5.41) is 9.02. The van der Waals surface area contributed by atoms with Crippen LogP contribution in [0.2, 0.25) is 0 Å². The fourth-order valence-corrected chi connectivity index (χ4v) is 2.67. The quantitative estimate of drug-likeness (QED) is 0.818. The average Bonchev–Trinajstić information content (AvgIpc) is 2.71. The summed E-state index contributed by atoms with van der Waals surface area (Å²) in [5.74, 6) is 0.978. The SMILES string of the molecule is C=CCN(CCO)CC1Cc2cc(Br)ccc2O1. The van der Waals surface area contributed by atoms with Gasteiger partial charge in [-0.3, -0.25) is 4.90 Å². The fourth-order valence-electron chi connectivity index (χ4n) is 2.26. The minimum atomic E-state index is 0.166. The summed E-state index contributed by atoms with van der Waals surface area (Å²) >= 11 is 3.47. The van der Waals surface area contributed by atoms with Crippen LogP contribution in [0, 0.1) is 0 Å². The number of halogens is 1. The Bertz CT molecular complexity index is 422. The first-order valence-corrected chi connectivity index (χ1v) is 6.91. The molecule has 1 aromatic rings. The summed E-state index contributed by atoms with van der Waals surface area (Å²) < 4.78 is 6.99. The molecule has 1 heterocycles. The Balaban J connectivity index is 1.95. The van der Waals surface area contributed by atoms with Crippen molar-refractivity contribution in [3.05, 3.63) is 40.9 Å². The smallest absolute Gasteiger partial charge is 0.123 e. The molecule has 0 radical (unpaired) electrons. The van der Waals surface area contributed by atoms with Gasteiger partial charge in [-0.2, -0.15) is 0 Å². The minimum Gasteiger partial charge on any atom is -0.488 e. The van der Waals surface area contributed by atoms with Crippen molar-refractivity contribution in [3.63, 3.8) is 0 Å². The van der Waals surface area contributed by atoms with Crippen molar-refractivity contribution in [1.82, 2.24) is 4.90 Å². The van der Waals surface area contributed by atoms with Gasteiger partial charge in [-0.1, -0.05) is 22.0 Å². The number of hydrogen-bond donors (Lipinski definition) is 1. The summed E-state index contributed by atoms with van der Waals surface area (Å²) in [4.78, 5) is 2.15. The molecule has 3 nitrogen and oxygen atoms in total. The number of rotatable bonds is 6. The van der Waals surface area contributed by atoms with E-state index >= 15 is 0 Å². The van der Waals surface area contributed by atoms with Crippen LogP contribution in [-0.2, 0) is 6.42 Å². The van der Waals surface area contributed by atoms with Crippen molar-refractivity contribution >= 4 is 15.9 Å². The molecule has 18 heavy (non-hydrogen) atoms. The van der Waals surface area contributed by atoms with Gasteiger partial charge in [0.15, 0.2) is 0 Å². The first-order valence-electron chi connectivity index (χ1n) is 6.12. The molecule has 0 aromatic heterocycles. The summed E-state index contributed by atoms with van der Waals surface area (Å²) in [6.07, 6.45) is 2.95. The molecule has 1 aromatic carbocycles. The van der Waals surface area contributed by atoms with Crippen LogP contribution in [0.3, 0.4) is 0 Å². The Morgan fingerprint density at radius 1 is 1.56 bits per heavy atom. The maximum atomic E-state index is 9.02. The maximum absolute atomic E-state index is 9.02. The van der Waals surface area contributed by atoms with Crippen molar-refractivity contribution in [2.24, 2.45) is 0 Å². The molecule has 2 rings (SSSR count). The zero-order valence-corrected chi connectivity index (χ0v) is 11.9. The Kier molecular flexibility index (Phi) is 4.80. The number of nitrogens with zero attached hydrogens (tertiary/aromatic N) is 1. The zero-order valence-electron chi connectivity index (χ0n) is 10.3. The van der Waals surface area contributed by atoms with Gasteiger partial charge >= 0.3 is 0 Å². The first-order chi connectivity index (χ1) is 8.72. The lowest BCUT2D eigenvalue weighted by atomic mass is 10.1. The number of ether oxygens (including phenoxy) is 1. The molecule has 0 bridgehead atoms. The summed E-state index contributed by atoms with van der Waals surface area (Å²) in [6, 6.07) is 6.11. The highest BCUT2D eigenvalue weighted by molar-refractivity contribution is 9.10. The second-order valence-electron chi connectivity index (χ2n) is 4.47. The predicted octanol–water partition coefficient (Wildman–Crippen LogP) is 2.23. The normalized spacial score (nSPS) is 17.6. The van der Waals surface area contributed by atoms with Gasteiger partial charge in [0, 0.05) is 30.5 Å². The summed E-state index contributed by atoms with van der Waals surface area (Å²) in [5.41, 5.74) is 1.25. The monoisotopic (exact) mass is 311 g/mol. The molecular formula is C14H18BrNO2. The Morgan fingerprint density at radius 3 is 3.11 bits per heavy atom. The van der Waals surface area contributed by atoms with Crippen LogP contribution in [0.25, 0.3) is 0 Å². The third-order valence-electron chi connectivity index (χ3n) is 3.03. The van der Waals surface area contributed by atoms with Crippen LogP contribution in [-0.4, -0.2) is 42.4 Å². The lowest BCUT2D eigenvalue weighted by Gasteiger charge is -2.22. The van der Waals surface area contributed by atoms with E-state index < -0.39 is 0 Å². The van der Waals surface area contributed by atoms with Gasteiger partial charge in [0.1, 0.15) is 11.9 Å². The fraction of sp³-hybridized carbons (Fsp3) is 0.429. The van der Waals surface area contributed by atoms with Gasteiger partial charge in [0.2, 0.25) is 0 Å². The number of benzene rings is 1. The lowest BCUT2D eigenvalue weighted by molar-refractivity contribution is 0.138. The van der Waals surface area contributed by atoms with E-state index in [0.717, 1.165) is 29.7 Å². The van der Waals surface area contributed by atoms with Crippen LogP contribution in [0.1, 0.15) is 5.56 Å². The highest BCUT2D eigenvalue weighted by atomic mass is 79.9. The topological polar surface area (TPSA) is 32.7 Å². The van der Waals surface area contributed by atoms with Crippen molar-refractivity contribution < 1.29 is 9.84 Å². The molecule has 98 valence electrons. The van der Waals surface area contributed by atoms with Crippen LogP contribution in [0.4, 0.5) is 0 Å². The van der Waals surface area contributed by atoms with E-state index in [9.17, 15) is 0 Å². The molecule has 1 N–H and O–H groups in total. The number of aliphatic hydroxyl groups excluding tert-OH is 1. The van der Waals surface area contributed by atoms with Crippen LogP contribution in [0.5, 0.6) is 5.75 Å². The first kappa shape index (κ1) is 13.6. The van der Waals surface area contributed by atoms with Gasteiger partial charge in [0.05, 0.1) is 6.61 Å². The Labute approximate surface area is 116 Å². The summed E-state index contributed by atoms with van der Waals surface area (Å²) in [7, 11) is 0. The van der Waals surface area contributed by atoms with Gasteiger partial charge < -0.3 is 9.84 Å². The molecule has 1 unspecified atom stereocenters. The predicted molar refractivity (Wildman–Crippen MR) is 76.0 cm³/mol. The molecule has 0 aliphatic carbocycles. The van der Waals surface area contributed by atoms with Crippen LogP contribution >= 0.6 is 15.9 Å². The van der Waals surface area contributed by atoms with E-state index in [-0.39, 0.29) is 12.7 Å². The van der Waals surface area contributed by atoms with Gasteiger partial charge in [-0.05, 0) is 23.8 Å². The second-order valence-corrected chi connectivity index (χ2v) is 5.38. The average molecular weight is 312 g/mol. The molecule has 1 aliphatic heterocycles. The molecule has 0 saturated carbocycles. The molecule has 1 aliphatic rings. The third-order valence-corrected chi connectivity index (χ3v) is 3.52. The van der Waals surface area contributed by atoms with E-state index in [4.69, 9.17) is 9.84 Å². The largest absolute Gasteiger partial charge is 0.488 e. The molecule has 0 spiro atoms. The molecule has 0 fully saturated rings. The van der Waals surface area contributed by atoms with Gasteiger partial charge in [0.25, 0.3) is 0 Å². The number of aliphatic hydroxyl groups is 1. The van der Waals surface area contributed by atoms with E-state index in [1.54, 1.807) is 0 Å². The maximum Gasteiger partial charge on any atom is 0.123 e. The van der Waals surface area contributed by atoms with E-state index in [2.05, 4.69) is 33.5 Å². The minimum absolute atomic E-state index is 0.166. The third kappa shape index (κ3) is 3.34. The highest BCUT2D eigenvalue weighted by Crippen LogP contribution is 2.31. The van der Waals surface area contributed by atoms with E-state index in [1.807, 2.05) is 18.2 Å². The number of fused-ring (bicyclic) bond motifs is 1. The van der Waals surface area contributed by atoms with Crippen molar-refractivity contribution in [2.45, 2.75) is 12.5 Å². The molecule has 1 atom stereocenters. The highest BCUT2D eigenvalue weighted by Gasteiger charge is 2.24. The second kappa shape index (κ2) is 6.36. The van der Waals surface area contributed by atoms with Crippen molar-refractivity contribution in [2.75, 3.05) is 26.2 Å². The lowest BCUT2D eigenvalue weighted by Crippen LogP contribution is -2.36. The standard InChI is InChI=1S/C14H18BrNO2/c1-2-5-16(6-7-17)10-13-9-11-8-12(15)3-4-14(11)18-13/h2-4,8,13,17H,1,5-7,9-10H2. The molecule has 0 saturated heterocycles. The van der Waals surface area contributed by atoms with E-state index in [1.165, 1.54) is 5.56 Å². The number of hydrogen-bond acceptors (Lipinski definition) is 3. The molecule has 4 heteroatoms. The van der Waals surface area contributed by atoms with Crippen molar-refractivity contribution in [1.29, 1.82) is 0 Å². The molecule has 0 amide bonds. The Morgan fingerprint density at radius 2 is 2.39 bits per heavy atom. The van der Waals surface area contributed by atoms with Crippen molar-refractivity contribution in [3.8, 4) is 5.75 Å². The van der Waals surface area contributed by atoms with Crippen LogP contribution in [0.15, 0.2) is 35.3 Å². The van der Waals surface area contributed by atoms with Gasteiger partial charge in [-0.15, -0.1) is 6.58 Å². The Hall–Kier alpha value is -0.840. The molecular weight excluding hydrogens is 294 g/mol. The van der Waals surface area contributed by atoms with Crippen LogP contribution < -0.4 is 4.74 Å². The zero-order chi connectivity index (χ0) is 13.0.